The highest BCUT2D eigenvalue weighted by Gasteiger charge is 2.12. The molecule has 0 aromatic heterocycles. The lowest BCUT2D eigenvalue weighted by Crippen LogP contribution is -2.10. The fraction of sp³-hybridized carbons (Fsp3) is 0.455. The standard InChI is InChI=1S/C11H17NO2/c1-3-5-9(12)8-6-4-7-10(14-2)11(8)13/h4,6-7,9,13H,3,5,12H2,1-2H3/t9-/m1/s1. The molecule has 1 atom stereocenters. The van der Waals surface area contributed by atoms with Gasteiger partial charge in [0.1, 0.15) is 0 Å². The second kappa shape index (κ2) is 4.86. The molecule has 14 heavy (non-hydrogen) atoms. The zero-order valence-corrected chi connectivity index (χ0v) is 8.66. The van der Waals surface area contributed by atoms with Crippen molar-refractivity contribution < 1.29 is 9.84 Å². The molecule has 3 heteroatoms. The maximum atomic E-state index is 9.78. The van der Waals surface area contributed by atoms with E-state index in [2.05, 4.69) is 6.92 Å². The number of ether oxygens (including phenoxy) is 1. The van der Waals surface area contributed by atoms with Crippen LogP contribution < -0.4 is 10.5 Å². The predicted octanol–water partition coefficient (Wildman–Crippen LogP) is 2.20. The predicted molar refractivity (Wildman–Crippen MR) is 56.5 cm³/mol. The third kappa shape index (κ3) is 2.17. The number of benzene rings is 1. The Morgan fingerprint density at radius 3 is 2.79 bits per heavy atom. The molecule has 0 spiro atoms. The first kappa shape index (κ1) is 10.9. The van der Waals surface area contributed by atoms with Crippen molar-refractivity contribution in [3.05, 3.63) is 23.8 Å². The van der Waals surface area contributed by atoms with Gasteiger partial charge in [0.25, 0.3) is 0 Å². The summed E-state index contributed by atoms with van der Waals surface area (Å²) in [5.74, 6) is 0.644. The van der Waals surface area contributed by atoms with Crippen molar-refractivity contribution >= 4 is 0 Å². The molecule has 0 saturated carbocycles. The van der Waals surface area contributed by atoms with Crippen LogP contribution in [-0.4, -0.2) is 12.2 Å². The third-order valence-electron chi connectivity index (χ3n) is 2.25. The highest BCUT2D eigenvalue weighted by atomic mass is 16.5. The van der Waals surface area contributed by atoms with Crippen LogP contribution in [-0.2, 0) is 0 Å². The number of rotatable bonds is 4. The maximum absolute atomic E-state index is 9.78. The fourth-order valence-electron chi connectivity index (χ4n) is 1.47. The van der Waals surface area contributed by atoms with Gasteiger partial charge in [0.05, 0.1) is 7.11 Å². The maximum Gasteiger partial charge on any atom is 0.162 e. The van der Waals surface area contributed by atoms with Gasteiger partial charge in [0.2, 0.25) is 0 Å². The Kier molecular flexibility index (Phi) is 3.77. The number of phenolic OH excluding ortho intramolecular Hbond substituents is 1. The van der Waals surface area contributed by atoms with E-state index in [0.717, 1.165) is 18.4 Å². The summed E-state index contributed by atoms with van der Waals surface area (Å²) in [5.41, 5.74) is 6.67. The van der Waals surface area contributed by atoms with Crippen LogP contribution in [0.4, 0.5) is 0 Å². The number of hydrogen-bond acceptors (Lipinski definition) is 3. The summed E-state index contributed by atoms with van der Waals surface area (Å²) < 4.78 is 5.01. The van der Waals surface area contributed by atoms with Crippen LogP contribution in [0.1, 0.15) is 31.4 Å². The van der Waals surface area contributed by atoms with Crippen molar-refractivity contribution in [2.75, 3.05) is 7.11 Å². The molecule has 0 aliphatic carbocycles. The van der Waals surface area contributed by atoms with Gasteiger partial charge in [-0.25, -0.2) is 0 Å². The lowest BCUT2D eigenvalue weighted by Gasteiger charge is -2.14. The summed E-state index contributed by atoms with van der Waals surface area (Å²) in [6.07, 6.45) is 1.86. The molecule has 3 nitrogen and oxygen atoms in total. The minimum Gasteiger partial charge on any atom is -0.504 e. The van der Waals surface area contributed by atoms with Crippen molar-refractivity contribution in [1.82, 2.24) is 0 Å². The van der Waals surface area contributed by atoms with Gasteiger partial charge in [-0.2, -0.15) is 0 Å². The van der Waals surface area contributed by atoms with Crippen LogP contribution in [0.25, 0.3) is 0 Å². The summed E-state index contributed by atoms with van der Waals surface area (Å²) in [5, 5.41) is 9.78. The number of para-hydroxylation sites is 1. The number of hydrogen-bond donors (Lipinski definition) is 2. The van der Waals surface area contributed by atoms with Crippen LogP contribution in [0, 0.1) is 0 Å². The Hall–Kier alpha value is -1.22. The van der Waals surface area contributed by atoms with Gasteiger partial charge < -0.3 is 15.6 Å². The van der Waals surface area contributed by atoms with E-state index in [1.54, 1.807) is 6.07 Å². The molecular weight excluding hydrogens is 178 g/mol. The first-order chi connectivity index (χ1) is 6.70. The van der Waals surface area contributed by atoms with Gasteiger partial charge in [-0.15, -0.1) is 0 Å². The summed E-state index contributed by atoms with van der Waals surface area (Å²) in [6, 6.07) is 5.27. The number of nitrogens with two attached hydrogens (primary N) is 1. The summed E-state index contributed by atoms with van der Waals surface area (Å²) in [7, 11) is 1.53. The van der Waals surface area contributed by atoms with E-state index in [4.69, 9.17) is 10.5 Å². The molecule has 0 bridgehead atoms. The smallest absolute Gasteiger partial charge is 0.162 e. The van der Waals surface area contributed by atoms with Crippen LogP contribution in [0.5, 0.6) is 11.5 Å². The van der Waals surface area contributed by atoms with E-state index in [1.165, 1.54) is 7.11 Å². The molecule has 1 aromatic carbocycles. The zero-order chi connectivity index (χ0) is 10.6. The average Bonchev–Trinajstić information content (AvgIpc) is 2.18. The average molecular weight is 195 g/mol. The molecule has 0 amide bonds. The Morgan fingerprint density at radius 2 is 2.21 bits per heavy atom. The van der Waals surface area contributed by atoms with E-state index >= 15 is 0 Å². The van der Waals surface area contributed by atoms with Crippen LogP contribution >= 0.6 is 0 Å². The number of aromatic hydroxyl groups is 1. The largest absolute Gasteiger partial charge is 0.504 e. The van der Waals surface area contributed by atoms with Crippen LogP contribution in [0.15, 0.2) is 18.2 Å². The molecule has 0 aliphatic rings. The molecule has 0 fully saturated rings. The second-order valence-corrected chi connectivity index (χ2v) is 3.29. The summed E-state index contributed by atoms with van der Waals surface area (Å²) in [4.78, 5) is 0. The number of phenols is 1. The lowest BCUT2D eigenvalue weighted by molar-refractivity contribution is 0.368. The molecule has 1 rings (SSSR count). The third-order valence-corrected chi connectivity index (χ3v) is 2.25. The Labute approximate surface area is 84.5 Å². The first-order valence-corrected chi connectivity index (χ1v) is 4.82. The topological polar surface area (TPSA) is 55.5 Å². The summed E-state index contributed by atoms with van der Waals surface area (Å²) >= 11 is 0. The minimum absolute atomic E-state index is 0.116. The molecular formula is C11H17NO2. The molecule has 0 heterocycles. The summed E-state index contributed by atoms with van der Waals surface area (Å²) in [6.45, 7) is 2.07. The van der Waals surface area contributed by atoms with Crippen molar-refractivity contribution in [2.24, 2.45) is 5.73 Å². The Bertz CT molecular complexity index is 299. The second-order valence-electron chi connectivity index (χ2n) is 3.29. The molecule has 3 N–H and O–H groups in total. The minimum atomic E-state index is -0.116. The van der Waals surface area contributed by atoms with Gasteiger partial charge in [0, 0.05) is 11.6 Å². The van der Waals surface area contributed by atoms with E-state index in [-0.39, 0.29) is 11.8 Å². The SMILES string of the molecule is CCC[C@@H](N)c1cccc(OC)c1O. The lowest BCUT2D eigenvalue weighted by atomic mass is 10.0. The molecule has 0 aliphatic heterocycles. The van der Waals surface area contributed by atoms with Gasteiger partial charge in [-0.05, 0) is 12.5 Å². The van der Waals surface area contributed by atoms with E-state index < -0.39 is 0 Å². The van der Waals surface area contributed by atoms with Crippen LogP contribution in [0.3, 0.4) is 0 Å². The van der Waals surface area contributed by atoms with Crippen molar-refractivity contribution in [3.8, 4) is 11.5 Å². The van der Waals surface area contributed by atoms with Crippen molar-refractivity contribution in [1.29, 1.82) is 0 Å². The first-order valence-electron chi connectivity index (χ1n) is 4.82. The zero-order valence-electron chi connectivity index (χ0n) is 8.66. The molecule has 0 saturated heterocycles. The monoisotopic (exact) mass is 195 g/mol. The fourth-order valence-corrected chi connectivity index (χ4v) is 1.47. The quantitative estimate of drug-likeness (QED) is 0.774. The van der Waals surface area contributed by atoms with Gasteiger partial charge >= 0.3 is 0 Å². The van der Waals surface area contributed by atoms with Crippen LogP contribution in [0.2, 0.25) is 0 Å². The number of methoxy groups -OCH3 is 1. The highest BCUT2D eigenvalue weighted by molar-refractivity contribution is 5.46. The Morgan fingerprint density at radius 1 is 1.50 bits per heavy atom. The van der Waals surface area contributed by atoms with E-state index in [1.807, 2.05) is 12.1 Å². The van der Waals surface area contributed by atoms with Crippen molar-refractivity contribution in [2.45, 2.75) is 25.8 Å². The van der Waals surface area contributed by atoms with Gasteiger partial charge in [-0.1, -0.05) is 25.5 Å². The molecule has 1 aromatic rings. The van der Waals surface area contributed by atoms with Gasteiger partial charge in [0.15, 0.2) is 11.5 Å². The molecule has 0 radical (unpaired) electrons. The molecule has 0 unspecified atom stereocenters. The van der Waals surface area contributed by atoms with Crippen molar-refractivity contribution in [3.63, 3.8) is 0 Å². The van der Waals surface area contributed by atoms with E-state index in [0.29, 0.717) is 5.75 Å². The van der Waals surface area contributed by atoms with E-state index in [9.17, 15) is 5.11 Å². The normalized spacial score (nSPS) is 12.5. The molecule has 78 valence electrons. The Balaban J connectivity index is 2.96. The van der Waals surface area contributed by atoms with Gasteiger partial charge in [-0.3, -0.25) is 0 Å². The highest BCUT2D eigenvalue weighted by Crippen LogP contribution is 2.33.